The zero-order chi connectivity index (χ0) is 14.4. The first-order valence-electron chi connectivity index (χ1n) is 6.00. The second kappa shape index (κ2) is 7.02. The van der Waals surface area contributed by atoms with Crippen LogP contribution in [-0.2, 0) is 19.1 Å². The number of carbonyl (C=O) groups excluding carboxylic acids is 2. The molecule has 0 heterocycles. The lowest BCUT2D eigenvalue weighted by molar-refractivity contribution is -0.151. The minimum Gasteiger partial charge on any atom is -0.469 e. The van der Waals surface area contributed by atoms with Gasteiger partial charge in [0.2, 0.25) is 0 Å². The van der Waals surface area contributed by atoms with Crippen molar-refractivity contribution in [3.63, 3.8) is 0 Å². The molecule has 0 aliphatic rings. The van der Waals surface area contributed by atoms with E-state index in [9.17, 15) is 9.59 Å². The van der Waals surface area contributed by atoms with Crippen LogP contribution in [0, 0.1) is 10.8 Å². The maximum Gasteiger partial charge on any atom is 0.312 e. The Balaban J connectivity index is 4.01. The summed E-state index contributed by atoms with van der Waals surface area (Å²) in [6.07, 6.45) is 0.740. The molecule has 0 aromatic carbocycles. The standard InChI is InChI=1S/C13H24O4S/c1-7-12(2,3)11(15)17-9-18-8-13(4,5)10(14)16-6/h7-9H2,1-6H3. The van der Waals surface area contributed by atoms with Crippen molar-refractivity contribution in [2.45, 2.75) is 41.0 Å². The smallest absolute Gasteiger partial charge is 0.312 e. The van der Waals surface area contributed by atoms with Crippen molar-refractivity contribution in [3.05, 3.63) is 0 Å². The number of carbonyl (C=O) groups is 2. The topological polar surface area (TPSA) is 52.6 Å². The van der Waals surface area contributed by atoms with Crippen LogP contribution in [0.3, 0.4) is 0 Å². The van der Waals surface area contributed by atoms with Crippen LogP contribution in [0.5, 0.6) is 0 Å². The molecule has 0 aromatic rings. The Morgan fingerprint density at radius 1 is 1.06 bits per heavy atom. The van der Waals surface area contributed by atoms with E-state index in [4.69, 9.17) is 9.47 Å². The number of thioether (sulfide) groups is 1. The van der Waals surface area contributed by atoms with E-state index in [0.29, 0.717) is 5.75 Å². The van der Waals surface area contributed by atoms with Gasteiger partial charge < -0.3 is 9.47 Å². The van der Waals surface area contributed by atoms with Gasteiger partial charge in [-0.05, 0) is 34.1 Å². The summed E-state index contributed by atoms with van der Waals surface area (Å²) in [6, 6.07) is 0. The van der Waals surface area contributed by atoms with Gasteiger partial charge in [-0.1, -0.05) is 6.92 Å². The molecule has 0 aliphatic heterocycles. The van der Waals surface area contributed by atoms with E-state index in [1.54, 1.807) is 0 Å². The molecule has 0 amide bonds. The second-order valence-electron chi connectivity index (χ2n) is 5.51. The van der Waals surface area contributed by atoms with Crippen molar-refractivity contribution < 1.29 is 19.1 Å². The van der Waals surface area contributed by atoms with Gasteiger partial charge in [-0.3, -0.25) is 9.59 Å². The van der Waals surface area contributed by atoms with E-state index in [2.05, 4.69) is 0 Å². The van der Waals surface area contributed by atoms with E-state index in [1.807, 2.05) is 34.6 Å². The molecule has 5 heteroatoms. The Morgan fingerprint density at radius 3 is 2.06 bits per heavy atom. The summed E-state index contributed by atoms with van der Waals surface area (Å²) in [6.45, 7) is 9.29. The molecule has 0 saturated heterocycles. The van der Waals surface area contributed by atoms with E-state index >= 15 is 0 Å². The van der Waals surface area contributed by atoms with E-state index < -0.39 is 10.8 Å². The predicted octanol–water partition coefficient (Wildman–Crippen LogP) is 2.86. The van der Waals surface area contributed by atoms with Crippen LogP contribution in [-0.4, -0.2) is 30.7 Å². The lowest BCUT2D eigenvalue weighted by Crippen LogP contribution is -2.29. The van der Waals surface area contributed by atoms with Crippen LogP contribution in [0.25, 0.3) is 0 Å². The number of rotatable bonds is 7. The summed E-state index contributed by atoms with van der Waals surface area (Å²) in [5, 5.41) is 0. The lowest BCUT2D eigenvalue weighted by Gasteiger charge is -2.22. The van der Waals surface area contributed by atoms with E-state index in [0.717, 1.165) is 6.42 Å². The Labute approximate surface area is 114 Å². The average molecular weight is 276 g/mol. The molecule has 0 rings (SSSR count). The predicted molar refractivity (Wildman–Crippen MR) is 73.3 cm³/mol. The Kier molecular flexibility index (Phi) is 6.74. The third-order valence-corrected chi connectivity index (χ3v) is 4.12. The Hall–Kier alpha value is -0.710. The highest BCUT2D eigenvalue weighted by atomic mass is 32.2. The summed E-state index contributed by atoms with van der Waals surface area (Å²) in [4.78, 5) is 23.1. The lowest BCUT2D eigenvalue weighted by atomic mass is 9.91. The van der Waals surface area contributed by atoms with Crippen molar-refractivity contribution in [1.82, 2.24) is 0 Å². The van der Waals surface area contributed by atoms with Gasteiger partial charge in [0.15, 0.2) is 0 Å². The van der Waals surface area contributed by atoms with Gasteiger partial charge in [0, 0.05) is 5.75 Å². The number of methoxy groups -OCH3 is 1. The molecule has 0 N–H and O–H groups in total. The highest BCUT2D eigenvalue weighted by Crippen LogP contribution is 2.25. The monoisotopic (exact) mass is 276 g/mol. The van der Waals surface area contributed by atoms with Gasteiger partial charge >= 0.3 is 11.9 Å². The van der Waals surface area contributed by atoms with Crippen molar-refractivity contribution in [1.29, 1.82) is 0 Å². The first kappa shape index (κ1) is 17.3. The third-order valence-electron chi connectivity index (χ3n) is 2.91. The number of hydrogen-bond acceptors (Lipinski definition) is 5. The Morgan fingerprint density at radius 2 is 1.61 bits per heavy atom. The highest BCUT2D eigenvalue weighted by molar-refractivity contribution is 7.99. The van der Waals surface area contributed by atoms with Gasteiger partial charge in [0.25, 0.3) is 0 Å². The van der Waals surface area contributed by atoms with Crippen molar-refractivity contribution in [2.24, 2.45) is 10.8 Å². The fourth-order valence-electron chi connectivity index (χ4n) is 1.07. The minimum atomic E-state index is -0.563. The summed E-state index contributed by atoms with van der Waals surface area (Å²) in [5.41, 5.74) is -1.01. The zero-order valence-electron chi connectivity index (χ0n) is 12.2. The zero-order valence-corrected chi connectivity index (χ0v) is 13.0. The quantitative estimate of drug-likeness (QED) is 0.406. The van der Waals surface area contributed by atoms with Crippen LogP contribution in [0.4, 0.5) is 0 Å². The highest BCUT2D eigenvalue weighted by Gasteiger charge is 2.30. The van der Waals surface area contributed by atoms with E-state index in [-0.39, 0.29) is 17.9 Å². The van der Waals surface area contributed by atoms with Crippen LogP contribution < -0.4 is 0 Å². The van der Waals surface area contributed by atoms with Gasteiger partial charge in [-0.25, -0.2) is 0 Å². The molecule has 0 atom stereocenters. The largest absolute Gasteiger partial charge is 0.469 e. The molecule has 0 unspecified atom stereocenters. The van der Waals surface area contributed by atoms with Gasteiger partial charge in [-0.15, -0.1) is 11.8 Å². The molecule has 0 spiro atoms. The summed E-state index contributed by atoms with van der Waals surface area (Å²) in [7, 11) is 1.37. The number of esters is 2. The third kappa shape index (κ3) is 5.29. The fourth-order valence-corrected chi connectivity index (χ4v) is 1.97. The number of ether oxygens (including phenoxy) is 2. The van der Waals surface area contributed by atoms with Gasteiger partial charge in [-0.2, -0.15) is 0 Å². The van der Waals surface area contributed by atoms with Crippen LogP contribution in [0.1, 0.15) is 41.0 Å². The molecule has 4 nitrogen and oxygen atoms in total. The van der Waals surface area contributed by atoms with Crippen LogP contribution in [0.15, 0.2) is 0 Å². The van der Waals surface area contributed by atoms with Crippen LogP contribution in [0.2, 0.25) is 0 Å². The fraction of sp³-hybridized carbons (Fsp3) is 0.846. The van der Waals surface area contributed by atoms with Gasteiger partial charge in [0.1, 0.15) is 5.94 Å². The van der Waals surface area contributed by atoms with E-state index in [1.165, 1.54) is 18.9 Å². The molecular formula is C13H24O4S. The molecule has 0 bridgehead atoms. The molecule has 0 fully saturated rings. The molecular weight excluding hydrogens is 252 g/mol. The average Bonchev–Trinajstić information content (AvgIpc) is 2.32. The molecule has 18 heavy (non-hydrogen) atoms. The maximum absolute atomic E-state index is 11.7. The summed E-state index contributed by atoms with van der Waals surface area (Å²) < 4.78 is 9.88. The van der Waals surface area contributed by atoms with Crippen molar-refractivity contribution in [2.75, 3.05) is 18.8 Å². The molecule has 106 valence electrons. The molecule has 0 saturated carbocycles. The Bertz CT molecular complexity index is 297. The van der Waals surface area contributed by atoms with Crippen molar-refractivity contribution >= 4 is 23.7 Å². The van der Waals surface area contributed by atoms with Gasteiger partial charge in [0.05, 0.1) is 17.9 Å². The number of hydrogen-bond donors (Lipinski definition) is 0. The minimum absolute atomic E-state index is 0.201. The summed E-state index contributed by atoms with van der Waals surface area (Å²) in [5.74, 6) is 0.367. The molecule has 0 aliphatic carbocycles. The SMILES string of the molecule is CCC(C)(C)C(=O)OCSCC(C)(C)C(=O)OC. The normalized spacial score (nSPS) is 12.1. The van der Waals surface area contributed by atoms with Crippen molar-refractivity contribution in [3.8, 4) is 0 Å². The maximum atomic E-state index is 11.7. The second-order valence-corrected chi connectivity index (χ2v) is 6.44. The molecule has 0 radical (unpaired) electrons. The summed E-state index contributed by atoms with van der Waals surface area (Å²) >= 11 is 1.41. The molecule has 0 aromatic heterocycles. The first-order valence-corrected chi connectivity index (χ1v) is 7.16. The van der Waals surface area contributed by atoms with Crippen LogP contribution >= 0.6 is 11.8 Å². The first-order chi connectivity index (χ1) is 8.17.